The monoisotopic (exact) mass is 454 g/mol. The van der Waals surface area contributed by atoms with Gasteiger partial charge in [0.15, 0.2) is 0 Å². The van der Waals surface area contributed by atoms with E-state index in [1.807, 2.05) is 34.7 Å². The average Bonchev–Trinajstić information content (AvgIpc) is 2.74. The number of amides is 2. The van der Waals surface area contributed by atoms with E-state index in [9.17, 15) is 9.59 Å². The fourth-order valence-corrected chi connectivity index (χ4v) is 4.01. The summed E-state index contributed by atoms with van der Waals surface area (Å²) in [4.78, 5) is 42.0. The minimum atomic E-state index is 0.0578. The Bertz CT molecular complexity index is 1000. The van der Waals surface area contributed by atoms with Crippen molar-refractivity contribution in [2.24, 2.45) is 0 Å². The average molecular weight is 455 g/mol. The molecule has 1 unspecified atom stereocenters. The van der Waals surface area contributed by atoms with Crippen molar-refractivity contribution >= 4 is 12.3 Å². The summed E-state index contributed by atoms with van der Waals surface area (Å²) in [5.74, 6) is 2.27. The zero-order valence-corrected chi connectivity index (χ0v) is 21.5. The third-order valence-corrected chi connectivity index (χ3v) is 5.89. The number of rotatable bonds is 6. The second-order valence-electron chi connectivity index (χ2n) is 9.31. The van der Waals surface area contributed by atoms with Gasteiger partial charge in [-0.3, -0.25) is 9.59 Å². The van der Waals surface area contributed by atoms with Gasteiger partial charge in [0.05, 0.1) is 17.0 Å². The van der Waals surface area contributed by atoms with Crippen LogP contribution in [0, 0.1) is 20.8 Å². The van der Waals surface area contributed by atoms with Crippen LogP contribution in [0.15, 0.2) is 0 Å². The molecule has 33 heavy (non-hydrogen) atoms. The number of nitrogens with one attached hydrogen (secondary N) is 1. The quantitative estimate of drug-likeness (QED) is 0.530. The molecule has 0 aromatic carbocycles. The van der Waals surface area contributed by atoms with E-state index in [1.165, 1.54) is 0 Å². The molecule has 180 valence electrons. The lowest BCUT2D eigenvalue weighted by Crippen LogP contribution is -2.42. The first-order valence-corrected chi connectivity index (χ1v) is 11.6. The molecule has 0 aliphatic carbocycles. The number of carbonyl (C=O) groups excluding carboxylic acids is 2. The molecule has 1 aliphatic heterocycles. The van der Waals surface area contributed by atoms with Gasteiger partial charge in [0.25, 0.3) is 5.91 Å². The van der Waals surface area contributed by atoms with E-state index in [0.29, 0.717) is 18.9 Å². The Morgan fingerprint density at radius 2 is 1.58 bits per heavy atom. The fourth-order valence-electron chi connectivity index (χ4n) is 4.01. The van der Waals surface area contributed by atoms with Crippen molar-refractivity contribution in [3.63, 3.8) is 0 Å². The van der Waals surface area contributed by atoms with Crippen molar-refractivity contribution < 1.29 is 9.59 Å². The van der Waals surface area contributed by atoms with Crippen LogP contribution in [0.1, 0.15) is 96.8 Å². The van der Waals surface area contributed by atoms with Gasteiger partial charge in [-0.1, -0.05) is 27.7 Å². The summed E-state index contributed by atoms with van der Waals surface area (Å²) >= 11 is 0. The summed E-state index contributed by atoms with van der Waals surface area (Å²) in [6.07, 6.45) is 2.29. The minimum Gasteiger partial charge on any atom is -0.358 e. The van der Waals surface area contributed by atoms with Crippen molar-refractivity contribution in [2.75, 3.05) is 13.6 Å². The predicted molar refractivity (Wildman–Crippen MR) is 129 cm³/mol. The molecule has 0 saturated carbocycles. The van der Waals surface area contributed by atoms with E-state index in [-0.39, 0.29) is 17.9 Å². The van der Waals surface area contributed by atoms with Crippen LogP contribution in [-0.4, -0.2) is 56.8 Å². The second kappa shape index (κ2) is 11.3. The van der Waals surface area contributed by atoms with Gasteiger partial charge in [-0.2, -0.15) is 0 Å². The Hall–Kier alpha value is -2.90. The summed E-state index contributed by atoms with van der Waals surface area (Å²) in [6.45, 7) is 16.9. The van der Waals surface area contributed by atoms with Crippen molar-refractivity contribution in [3.8, 4) is 0 Å². The number of fused-ring (bicyclic) bond motifs is 1. The molecular weight excluding hydrogens is 416 g/mol. The largest absolute Gasteiger partial charge is 0.358 e. The van der Waals surface area contributed by atoms with Gasteiger partial charge in [0.1, 0.15) is 11.6 Å². The van der Waals surface area contributed by atoms with Crippen LogP contribution in [0.2, 0.25) is 0 Å². The Balaban J connectivity index is 0.000000234. The molecule has 3 heterocycles. The van der Waals surface area contributed by atoms with Crippen LogP contribution in [0.3, 0.4) is 0 Å². The van der Waals surface area contributed by atoms with Crippen LogP contribution in [0.5, 0.6) is 0 Å². The molecule has 0 radical (unpaired) electrons. The SMILES string of the molecule is Cc1nc(CCNC=O)c(C)c(C(C)C)n1.Cc1nc2c(c(C(C)C)n1)C(=O)N(C)C(C)C2. The van der Waals surface area contributed by atoms with E-state index in [2.05, 4.69) is 52.9 Å². The molecule has 0 bridgehead atoms. The van der Waals surface area contributed by atoms with E-state index >= 15 is 0 Å². The first kappa shape index (κ1) is 26.4. The van der Waals surface area contributed by atoms with Crippen LogP contribution in [0.4, 0.5) is 0 Å². The predicted octanol–water partition coefficient (Wildman–Crippen LogP) is 3.43. The lowest BCUT2D eigenvalue weighted by atomic mass is 9.94. The van der Waals surface area contributed by atoms with Crippen molar-refractivity contribution in [2.45, 2.75) is 86.1 Å². The summed E-state index contributed by atoms with van der Waals surface area (Å²) in [5, 5.41) is 2.65. The summed E-state index contributed by atoms with van der Waals surface area (Å²) in [6, 6.07) is 0.212. The third kappa shape index (κ3) is 6.33. The number of hydrogen-bond donors (Lipinski definition) is 1. The first-order valence-electron chi connectivity index (χ1n) is 11.6. The number of likely N-dealkylation sites (N-methyl/N-ethyl adjacent to an activating group) is 1. The number of carbonyl (C=O) groups is 2. The highest BCUT2D eigenvalue weighted by molar-refractivity contribution is 5.97. The molecule has 0 fully saturated rings. The van der Waals surface area contributed by atoms with Gasteiger partial charge in [-0.05, 0) is 45.1 Å². The maximum absolute atomic E-state index is 12.3. The van der Waals surface area contributed by atoms with Crippen LogP contribution >= 0.6 is 0 Å². The molecule has 2 amide bonds. The van der Waals surface area contributed by atoms with Gasteiger partial charge in [0, 0.05) is 43.9 Å². The van der Waals surface area contributed by atoms with E-state index in [1.54, 1.807) is 4.90 Å². The Kier molecular flexibility index (Phi) is 9.02. The van der Waals surface area contributed by atoms with Crippen molar-refractivity contribution in [1.29, 1.82) is 0 Å². The lowest BCUT2D eigenvalue weighted by molar-refractivity contribution is -0.109. The zero-order valence-electron chi connectivity index (χ0n) is 21.5. The number of hydrogen-bond acceptors (Lipinski definition) is 6. The summed E-state index contributed by atoms with van der Waals surface area (Å²) in [7, 11) is 1.85. The smallest absolute Gasteiger partial charge is 0.257 e. The molecule has 1 N–H and O–H groups in total. The molecule has 3 rings (SSSR count). The van der Waals surface area contributed by atoms with Gasteiger partial charge < -0.3 is 10.2 Å². The van der Waals surface area contributed by atoms with E-state index in [0.717, 1.165) is 58.4 Å². The maximum atomic E-state index is 12.3. The van der Waals surface area contributed by atoms with Crippen LogP contribution in [0.25, 0.3) is 0 Å². The van der Waals surface area contributed by atoms with E-state index in [4.69, 9.17) is 0 Å². The minimum absolute atomic E-state index is 0.0578. The Morgan fingerprint density at radius 1 is 1.00 bits per heavy atom. The van der Waals surface area contributed by atoms with Crippen LogP contribution < -0.4 is 5.32 Å². The molecule has 1 aliphatic rings. The Morgan fingerprint density at radius 3 is 2.15 bits per heavy atom. The molecule has 2 aromatic heterocycles. The highest BCUT2D eigenvalue weighted by atomic mass is 16.2. The second-order valence-corrected chi connectivity index (χ2v) is 9.31. The normalized spacial score (nSPS) is 15.3. The van der Waals surface area contributed by atoms with E-state index < -0.39 is 0 Å². The Labute approximate surface area is 197 Å². The third-order valence-electron chi connectivity index (χ3n) is 5.89. The molecule has 0 spiro atoms. The highest BCUT2D eigenvalue weighted by Crippen LogP contribution is 2.27. The summed E-state index contributed by atoms with van der Waals surface area (Å²) in [5.41, 5.74) is 5.81. The standard InChI is InChI=1S/C13H19N3O.C12H19N3O/c1-7(2)12-11-10(14-9(4)15-12)6-8(3)16(5)13(11)17;1-8(2)12-9(3)11(5-6-13-7-16)14-10(4)15-12/h7-8H,6H2,1-5H3;7-8H,5-6H2,1-4H3,(H,13,16). The summed E-state index contributed by atoms with van der Waals surface area (Å²) < 4.78 is 0. The fraction of sp³-hybridized carbons (Fsp3) is 0.600. The highest BCUT2D eigenvalue weighted by Gasteiger charge is 2.32. The molecule has 8 heteroatoms. The van der Waals surface area contributed by atoms with Crippen molar-refractivity contribution in [1.82, 2.24) is 30.2 Å². The molecular formula is C25H38N6O2. The topological polar surface area (TPSA) is 101 Å². The molecule has 0 saturated heterocycles. The van der Waals surface area contributed by atoms with Gasteiger partial charge >= 0.3 is 0 Å². The van der Waals surface area contributed by atoms with Gasteiger partial charge in [-0.15, -0.1) is 0 Å². The number of nitrogens with zero attached hydrogens (tertiary/aromatic N) is 5. The number of aryl methyl sites for hydroxylation is 2. The molecule has 1 atom stereocenters. The number of aromatic nitrogens is 4. The van der Waals surface area contributed by atoms with Gasteiger partial charge in [-0.25, -0.2) is 19.9 Å². The lowest BCUT2D eigenvalue weighted by Gasteiger charge is -2.32. The first-order chi connectivity index (χ1) is 15.5. The van der Waals surface area contributed by atoms with Gasteiger partial charge in [0.2, 0.25) is 6.41 Å². The maximum Gasteiger partial charge on any atom is 0.257 e. The zero-order chi connectivity index (χ0) is 24.9. The van der Waals surface area contributed by atoms with Crippen molar-refractivity contribution in [3.05, 3.63) is 45.6 Å². The molecule has 2 aromatic rings. The van der Waals surface area contributed by atoms with Crippen LogP contribution in [-0.2, 0) is 17.6 Å². The molecule has 8 nitrogen and oxygen atoms in total.